The van der Waals surface area contributed by atoms with Gasteiger partial charge in [0.15, 0.2) is 14.9 Å². The van der Waals surface area contributed by atoms with Crippen molar-refractivity contribution in [3.8, 4) is 5.75 Å². The Labute approximate surface area is 95.1 Å². The molecule has 0 bridgehead atoms. The van der Waals surface area contributed by atoms with Gasteiger partial charge in [-0.25, -0.2) is 8.42 Å². The predicted molar refractivity (Wildman–Crippen MR) is 60.4 cm³/mol. The number of aryl methyl sites for hydroxylation is 1. The zero-order chi connectivity index (χ0) is 12.4. The molecular formula is C9H12O5S2. The summed E-state index contributed by atoms with van der Waals surface area (Å²) in [7, 11) is -7.72. The average molecular weight is 264 g/mol. The molecule has 0 saturated carbocycles. The van der Waals surface area contributed by atoms with Gasteiger partial charge < -0.3 is 4.18 Å². The summed E-state index contributed by atoms with van der Waals surface area (Å²) in [5.41, 5.74) is 0.826. The number of sulfone groups is 1. The summed E-state index contributed by atoms with van der Waals surface area (Å²) < 4.78 is 49.0. The lowest BCUT2D eigenvalue weighted by molar-refractivity contribution is 0.490. The molecule has 16 heavy (non-hydrogen) atoms. The maximum absolute atomic E-state index is 11.3. The quantitative estimate of drug-likeness (QED) is 0.748. The molecule has 0 amide bonds. The predicted octanol–water partition coefficient (Wildman–Crippen LogP) is 0.706. The van der Waals surface area contributed by atoms with Gasteiger partial charge in [0.2, 0.25) is 0 Å². The van der Waals surface area contributed by atoms with Crippen LogP contribution in [-0.4, -0.2) is 28.2 Å². The molecule has 1 aromatic carbocycles. The first-order chi connectivity index (χ1) is 7.18. The maximum Gasteiger partial charge on any atom is 0.323 e. The number of hydrogen-bond donors (Lipinski definition) is 0. The minimum Gasteiger partial charge on any atom is -0.382 e. The van der Waals surface area contributed by atoms with Gasteiger partial charge >= 0.3 is 10.1 Å². The molecule has 90 valence electrons. The molecule has 0 aliphatic heterocycles. The van der Waals surface area contributed by atoms with Gasteiger partial charge in [-0.3, -0.25) is 0 Å². The van der Waals surface area contributed by atoms with E-state index in [0.29, 0.717) is 0 Å². The number of hydrogen-bond acceptors (Lipinski definition) is 5. The van der Waals surface area contributed by atoms with Crippen LogP contribution in [-0.2, 0) is 20.0 Å². The Morgan fingerprint density at radius 1 is 1.19 bits per heavy atom. The first-order valence-corrected chi connectivity index (χ1v) is 7.98. The Balaban J connectivity index is 2.90. The molecule has 0 fully saturated rings. The fraction of sp³-hybridized carbons (Fsp3) is 0.333. The van der Waals surface area contributed by atoms with Gasteiger partial charge in [0.25, 0.3) is 0 Å². The largest absolute Gasteiger partial charge is 0.382 e. The summed E-state index contributed by atoms with van der Waals surface area (Å²) in [4.78, 5) is 0. The van der Waals surface area contributed by atoms with Gasteiger partial charge in [-0.15, -0.1) is 0 Å². The Hall–Kier alpha value is -1.08. The molecule has 0 spiro atoms. The van der Waals surface area contributed by atoms with Crippen molar-refractivity contribution >= 4 is 20.0 Å². The fourth-order valence-corrected chi connectivity index (χ4v) is 3.79. The topological polar surface area (TPSA) is 77.5 Å². The van der Waals surface area contributed by atoms with Crippen LogP contribution in [0.3, 0.4) is 0 Å². The third-order valence-electron chi connectivity index (χ3n) is 1.57. The van der Waals surface area contributed by atoms with E-state index < -0.39 is 25.0 Å². The van der Waals surface area contributed by atoms with Crippen LogP contribution in [0, 0.1) is 6.92 Å². The molecule has 1 aromatic rings. The third-order valence-corrected chi connectivity index (χ3v) is 4.88. The highest BCUT2D eigenvalue weighted by Gasteiger charge is 2.20. The second kappa shape index (κ2) is 4.42. The molecule has 5 nitrogen and oxygen atoms in total. The van der Waals surface area contributed by atoms with Crippen molar-refractivity contribution in [1.82, 2.24) is 0 Å². The molecule has 0 heterocycles. The fourth-order valence-electron chi connectivity index (χ4n) is 1.10. The monoisotopic (exact) mass is 264 g/mol. The summed E-state index contributed by atoms with van der Waals surface area (Å²) in [6, 6.07) is 6.36. The zero-order valence-corrected chi connectivity index (χ0v) is 10.5. The Morgan fingerprint density at radius 3 is 2.31 bits per heavy atom. The zero-order valence-electron chi connectivity index (χ0n) is 8.87. The minimum atomic E-state index is -4.10. The van der Waals surface area contributed by atoms with E-state index in [2.05, 4.69) is 4.18 Å². The van der Waals surface area contributed by atoms with Gasteiger partial charge in [-0.05, 0) is 24.6 Å². The van der Waals surface area contributed by atoms with Gasteiger partial charge in [0, 0.05) is 6.26 Å². The van der Waals surface area contributed by atoms with Gasteiger partial charge in [-0.1, -0.05) is 12.1 Å². The van der Waals surface area contributed by atoms with Crippen LogP contribution in [0.1, 0.15) is 5.56 Å². The molecular weight excluding hydrogens is 252 g/mol. The Bertz CT molecular complexity index is 572. The third kappa shape index (κ3) is 4.63. The molecule has 0 aromatic heterocycles. The van der Waals surface area contributed by atoms with Crippen molar-refractivity contribution in [2.75, 3.05) is 11.3 Å². The maximum atomic E-state index is 11.3. The van der Waals surface area contributed by atoms with Crippen molar-refractivity contribution in [2.24, 2.45) is 0 Å². The van der Waals surface area contributed by atoms with Crippen LogP contribution in [0.4, 0.5) is 0 Å². The van der Waals surface area contributed by atoms with Crippen molar-refractivity contribution < 1.29 is 21.0 Å². The van der Waals surface area contributed by atoms with Gasteiger partial charge in [0.1, 0.15) is 5.75 Å². The SMILES string of the molecule is Cc1cccc(OS(=O)(=O)CS(C)(=O)=O)c1. The smallest absolute Gasteiger partial charge is 0.323 e. The molecule has 0 aliphatic carbocycles. The van der Waals surface area contributed by atoms with Crippen LogP contribution in [0.25, 0.3) is 0 Å². The summed E-state index contributed by atoms with van der Waals surface area (Å²) in [6.07, 6.45) is 0.837. The minimum absolute atomic E-state index is 0.114. The second-order valence-corrected chi connectivity index (χ2v) is 7.58. The molecule has 0 atom stereocenters. The molecule has 1 rings (SSSR count). The normalized spacial score (nSPS) is 12.4. The standard InChI is InChI=1S/C9H12O5S2/c1-8-4-3-5-9(6-8)14-16(12,13)7-15(2,10)11/h3-6H,7H2,1-2H3. The lowest BCUT2D eigenvalue weighted by atomic mass is 10.2. The van der Waals surface area contributed by atoms with Crippen molar-refractivity contribution in [2.45, 2.75) is 6.92 Å². The van der Waals surface area contributed by atoms with Crippen LogP contribution >= 0.6 is 0 Å². The van der Waals surface area contributed by atoms with Crippen LogP contribution in [0.15, 0.2) is 24.3 Å². The van der Waals surface area contributed by atoms with E-state index in [1.54, 1.807) is 19.1 Å². The van der Waals surface area contributed by atoms with E-state index in [1.165, 1.54) is 12.1 Å². The molecule has 0 N–H and O–H groups in total. The lowest BCUT2D eigenvalue weighted by Crippen LogP contribution is -2.20. The van der Waals surface area contributed by atoms with Gasteiger partial charge in [0.05, 0.1) is 0 Å². The lowest BCUT2D eigenvalue weighted by Gasteiger charge is -2.06. The molecule has 0 radical (unpaired) electrons. The van der Waals surface area contributed by atoms with Gasteiger partial charge in [-0.2, -0.15) is 8.42 Å². The van der Waals surface area contributed by atoms with E-state index >= 15 is 0 Å². The van der Waals surface area contributed by atoms with E-state index in [0.717, 1.165) is 11.8 Å². The molecule has 0 saturated heterocycles. The molecule has 0 unspecified atom stereocenters. The highest BCUT2D eigenvalue weighted by Crippen LogP contribution is 2.15. The van der Waals surface area contributed by atoms with E-state index in [-0.39, 0.29) is 5.75 Å². The first-order valence-electron chi connectivity index (χ1n) is 4.34. The highest BCUT2D eigenvalue weighted by atomic mass is 32.3. The van der Waals surface area contributed by atoms with Crippen LogP contribution in [0.2, 0.25) is 0 Å². The summed E-state index contributed by atoms with van der Waals surface area (Å²) in [5, 5.41) is -1.02. The van der Waals surface area contributed by atoms with E-state index in [4.69, 9.17) is 0 Å². The average Bonchev–Trinajstić information content (AvgIpc) is 1.96. The van der Waals surface area contributed by atoms with E-state index in [1.807, 2.05) is 0 Å². The molecule has 7 heteroatoms. The van der Waals surface area contributed by atoms with Crippen molar-refractivity contribution in [3.05, 3.63) is 29.8 Å². The Morgan fingerprint density at radius 2 is 1.81 bits per heavy atom. The summed E-state index contributed by atoms with van der Waals surface area (Å²) in [6.45, 7) is 1.77. The number of benzene rings is 1. The van der Waals surface area contributed by atoms with E-state index in [9.17, 15) is 16.8 Å². The van der Waals surface area contributed by atoms with Crippen molar-refractivity contribution in [1.29, 1.82) is 0 Å². The number of rotatable bonds is 4. The van der Waals surface area contributed by atoms with Crippen LogP contribution < -0.4 is 4.18 Å². The summed E-state index contributed by atoms with van der Waals surface area (Å²) >= 11 is 0. The Kier molecular flexibility index (Phi) is 3.59. The van der Waals surface area contributed by atoms with Crippen molar-refractivity contribution in [3.63, 3.8) is 0 Å². The first kappa shape index (κ1) is 13.0. The molecule has 0 aliphatic rings. The summed E-state index contributed by atoms with van der Waals surface area (Å²) in [5.74, 6) is 0.114. The van der Waals surface area contributed by atoms with Crippen LogP contribution in [0.5, 0.6) is 5.75 Å². The highest BCUT2D eigenvalue weighted by molar-refractivity contribution is 8.05. The second-order valence-electron chi connectivity index (χ2n) is 3.50.